The Morgan fingerprint density at radius 1 is 0.875 bits per heavy atom. The number of allylic oxidation sites excluding steroid dienone is 4. The monoisotopic (exact) mass is 536 g/mol. The molecule has 0 radical (unpaired) electrons. The largest absolute Gasteiger partial charge is 0.493 e. The number of rotatable bonds is 14. The smallest absolute Gasteiger partial charge is 0.336 e. The van der Waals surface area contributed by atoms with E-state index in [-0.39, 0.29) is 5.63 Å². The van der Waals surface area contributed by atoms with E-state index in [2.05, 4.69) is 78.4 Å². The summed E-state index contributed by atoms with van der Waals surface area (Å²) in [5.74, 6) is 0.728. The van der Waals surface area contributed by atoms with Crippen molar-refractivity contribution in [1.29, 1.82) is 0 Å². The number of hydrogen-bond donors (Lipinski definition) is 0. The molecule has 1 aromatic heterocycles. The summed E-state index contributed by atoms with van der Waals surface area (Å²) in [4.78, 5) is 18.4. The Morgan fingerprint density at radius 3 is 2.45 bits per heavy atom. The van der Waals surface area contributed by atoms with Crippen molar-refractivity contribution in [3.63, 3.8) is 0 Å². The van der Waals surface area contributed by atoms with E-state index in [0.29, 0.717) is 12.2 Å². The van der Waals surface area contributed by atoms with Crippen LogP contribution in [0.2, 0.25) is 0 Å². The maximum absolute atomic E-state index is 11.4. The van der Waals surface area contributed by atoms with Crippen LogP contribution in [0.5, 0.6) is 5.75 Å². The summed E-state index contributed by atoms with van der Waals surface area (Å²) in [7, 11) is 0. The Morgan fingerprint density at radius 2 is 1.62 bits per heavy atom. The van der Waals surface area contributed by atoms with Gasteiger partial charge in [-0.25, -0.2) is 4.79 Å². The van der Waals surface area contributed by atoms with Gasteiger partial charge in [-0.05, 0) is 104 Å². The summed E-state index contributed by atoms with van der Waals surface area (Å²) in [6.45, 7) is 9.91. The molecule has 4 aromatic rings. The molecular weight excluding hydrogens is 496 g/mol. The van der Waals surface area contributed by atoms with Crippen LogP contribution in [-0.2, 0) is 0 Å². The molecule has 0 spiro atoms. The molecular formula is C35H40N2O3. The van der Waals surface area contributed by atoms with E-state index in [1.807, 2.05) is 25.3 Å². The first kappa shape index (κ1) is 28.9. The molecule has 0 amide bonds. The van der Waals surface area contributed by atoms with Crippen LogP contribution in [0.4, 0.5) is 5.69 Å². The summed E-state index contributed by atoms with van der Waals surface area (Å²) in [5.41, 5.74) is 3.83. The van der Waals surface area contributed by atoms with E-state index in [1.165, 1.54) is 28.1 Å². The molecule has 0 aliphatic carbocycles. The highest BCUT2D eigenvalue weighted by Crippen LogP contribution is 2.26. The molecule has 0 bridgehead atoms. The van der Waals surface area contributed by atoms with Gasteiger partial charge in [0.25, 0.3) is 0 Å². The van der Waals surface area contributed by atoms with Crippen LogP contribution in [0.15, 0.2) is 99.2 Å². The maximum atomic E-state index is 11.4. The number of ether oxygens (including phenoxy) is 1. The van der Waals surface area contributed by atoms with Crippen LogP contribution in [0, 0.1) is 0 Å². The van der Waals surface area contributed by atoms with Gasteiger partial charge < -0.3 is 14.1 Å². The zero-order valence-corrected chi connectivity index (χ0v) is 23.9. The zero-order valence-electron chi connectivity index (χ0n) is 23.9. The molecule has 0 fully saturated rings. The van der Waals surface area contributed by atoms with Crippen LogP contribution in [-0.4, -0.2) is 32.5 Å². The molecule has 5 nitrogen and oxygen atoms in total. The fourth-order valence-electron chi connectivity index (χ4n) is 4.81. The van der Waals surface area contributed by atoms with Gasteiger partial charge >= 0.3 is 5.63 Å². The third-order valence-corrected chi connectivity index (χ3v) is 7.04. The molecule has 0 aliphatic rings. The maximum Gasteiger partial charge on any atom is 0.336 e. The van der Waals surface area contributed by atoms with Gasteiger partial charge in [-0.3, -0.25) is 4.99 Å². The molecule has 0 atom stereocenters. The molecule has 5 heteroatoms. The van der Waals surface area contributed by atoms with Gasteiger partial charge in [0.15, 0.2) is 0 Å². The molecule has 40 heavy (non-hydrogen) atoms. The Hall–Kier alpha value is -4.12. The van der Waals surface area contributed by atoms with Crippen molar-refractivity contribution in [3.8, 4) is 5.75 Å². The lowest BCUT2D eigenvalue weighted by atomic mass is 10.00. The van der Waals surface area contributed by atoms with Crippen molar-refractivity contribution in [2.45, 2.75) is 46.5 Å². The molecule has 0 saturated heterocycles. The van der Waals surface area contributed by atoms with Gasteiger partial charge in [0.2, 0.25) is 0 Å². The van der Waals surface area contributed by atoms with Gasteiger partial charge in [-0.1, -0.05) is 36.8 Å². The molecule has 3 aromatic carbocycles. The first-order valence-electron chi connectivity index (χ1n) is 14.4. The van der Waals surface area contributed by atoms with Crippen LogP contribution in [0.1, 0.15) is 52.0 Å². The van der Waals surface area contributed by atoms with Gasteiger partial charge in [0.1, 0.15) is 11.3 Å². The molecule has 0 saturated carbocycles. The molecule has 4 rings (SSSR count). The summed E-state index contributed by atoms with van der Waals surface area (Å²) < 4.78 is 11.1. The summed E-state index contributed by atoms with van der Waals surface area (Å²) in [6.07, 6.45) is 12.5. The standard InChI is InChI=1S/C35H40N2O3/c1-4-11-27(29-12-13-31-25-32(37(5-2)6-3)17-14-30(31)24-29)20-22-36-21-9-7-8-10-23-39-33-18-15-28-16-19-35(38)40-34(28)26-33/h4,11-20,22,24-26H,5-10,21,23H2,1-3H3/b11-4-,27-20+,36-22?. The van der Waals surface area contributed by atoms with Crippen LogP contribution < -0.4 is 15.3 Å². The number of benzene rings is 3. The Balaban J connectivity index is 1.22. The average molecular weight is 537 g/mol. The van der Waals surface area contributed by atoms with Crippen molar-refractivity contribution in [2.24, 2.45) is 4.99 Å². The van der Waals surface area contributed by atoms with Crippen LogP contribution in [0.3, 0.4) is 0 Å². The van der Waals surface area contributed by atoms with E-state index in [4.69, 9.17) is 9.15 Å². The van der Waals surface area contributed by atoms with Crippen molar-refractivity contribution in [2.75, 3.05) is 31.1 Å². The second kappa shape index (κ2) is 14.9. The lowest BCUT2D eigenvalue weighted by Gasteiger charge is -2.21. The van der Waals surface area contributed by atoms with E-state index in [0.717, 1.165) is 62.0 Å². The zero-order chi connectivity index (χ0) is 28.2. The number of unbranched alkanes of at least 4 members (excludes halogenated alkanes) is 3. The minimum Gasteiger partial charge on any atom is -0.493 e. The molecule has 0 unspecified atom stereocenters. The first-order valence-corrected chi connectivity index (χ1v) is 14.4. The fraction of sp³-hybridized carbons (Fsp3) is 0.314. The highest BCUT2D eigenvalue weighted by atomic mass is 16.5. The van der Waals surface area contributed by atoms with E-state index in [9.17, 15) is 4.79 Å². The predicted molar refractivity (Wildman–Crippen MR) is 170 cm³/mol. The number of nitrogens with zero attached hydrogens (tertiary/aromatic N) is 2. The number of aliphatic imine (C=N–C) groups is 1. The average Bonchev–Trinajstić information content (AvgIpc) is 2.97. The highest BCUT2D eigenvalue weighted by Gasteiger charge is 2.05. The third kappa shape index (κ3) is 7.95. The van der Waals surface area contributed by atoms with Crippen molar-refractivity contribution in [1.82, 2.24) is 0 Å². The van der Waals surface area contributed by atoms with Crippen LogP contribution in [0.25, 0.3) is 27.3 Å². The van der Waals surface area contributed by atoms with Gasteiger partial charge in [0.05, 0.1) is 6.61 Å². The molecule has 0 aliphatic heterocycles. The Bertz CT molecular complexity index is 1540. The van der Waals surface area contributed by atoms with E-state index >= 15 is 0 Å². The van der Waals surface area contributed by atoms with Gasteiger partial charge in [-0.2, -0.15) is 0 Å². The number of fused-ring (bicyclic) bond motifs is 2. The minimum absolute atomic E-state index is 0.348. The Labute approximate surface area is 237 Å². The molecule has 0 N–H and O–H groups in total. The second-order valence-corrected chi connectivity index (χ2v) is 9.81. The van der Waals surface area contributed by atoms with E-state index < -0.39 is 0 Å². The third-order valence-electron chi connectivity index (χ3n) is 7.04. The van der Waals surface area contributed by atoms with E-state index in [1.54, 1.807) is 12.1 Å². The lowest BCUT2D eigenvalue weighted by Crippen LogP contribution is -2.21. The van der Waals surface area contributed by atoms with Crippen molar-refractivity contribution >= 4 is 39.2 Å². The van der Waals surface area contributed by atoms with Crippen molar-refractivity contribution in [3.05, 3.63) is 101 Å². The van der Waals surface area contributed by atoms with Gasteiger partial charge in [0, 0.05) is 49.1 Å². The Kier molecular flexibility index (Phi) is 10.7. The topological polar surface area (TPSA) is 55.0 Å². The SMILES string of the molecule is C/C=C\C(=C/C=NCCCCCCOc1ccc2ccc(=O)oc2c1)c1ccc2cc(N(CC)CC)ccc2c1. The summed E-state index contributed by atoms with van der Waals surface area (Å²) in [6, 6.07) is 22.2. The predicted octanol–water partition coefficient (Wildman–Crippen LogP) is 8.46. The van der Waals surface area contributed by atoms with Crippen LogP contribution >= 0.6 is 0 Å². The summed E-state index contributed by atoms with van der Waals surface area (Å²) in [5, 5.41) is 3.40. The second-order valence-electron chi connectivity index (χ2n) is 9.81. The quantitative estimate of drug-likeness (QED) is 0.0702. The summed E-state index contributed by atoms with van der Waals surface area (Å²) >= 11 is 0. The van der Waals surface area contributed by atoms with Crippen molar-refractivity contribution < 1.29 is 9.15 Å². The molecule has 1 heterocycles. The number of hydrogen-bond acceptors (Lipinski definition) is 5. The molecule has 208 valence electrons. The normalized spacial score (nSPS) is 12.2. The lowest BCUT2D eigenvalue weighted by molar-refractivity contribution is 0.305. The first-order chi connectivity index (χ1) is 19.6. The fourth-order valence-corrected chi connectivity index (χ4v) is 4.81. The minimum atomic E-state index is -0.348. The highest BCUT2D eigenvalue weighted by molar-refractivity contribution is 5.93. The van der Waals surface area contributed by atoms with Gasteiger partial charge in [-0.15, -0.1) is 0 Å². The number of anilines is 1.